The second kappa shape index (κ2) is 10.6. The molecule has 3 amide bonds. The van der Waals surface area contributed by atoms with E-state index in [0.717, 1.165) is 31.2 Å². The number of primary amides is 1. The highest BCUT2D eigenvalue weighted by molar-refractivity contribution is 5.91. The van der Waals surface area contributed by atoms with Gasteiger partial charge in [-0.1, -0.05) is 49.6 Å². The molecule has 1 aromatic carbocycles. The Balaban J connectivity index is 1.72. The van der Waals surface area contributed by atoms with Gasteiger partial charge in [-0.2, -0.15) is 0 Å². The lowest BCUT2D eigenvalue weighted by Crippen LogP contribution is -2.47. The van der Waals surface area contributed by atoms with E-state index in [0.29, 0.717) is 25.3 Å². The fraction of sp³-hybridized carbons (Fsp3) is 0.550. The molecule has 1 aliphatic rings. The van der Waals surface area contributed by atoms with Crippen LogP contribution in [0.25, 0.3) is 0 Å². The lowest BCUT2D eigenvalue weighted by atomic mass is 9.87. The fourth-order valence-corrected chi connectivity index (χ4v) is 3.38. The Kier molecular flexibility index (Phi) is 8.12. The van der Waals surface area contributed by atoms with Crippen molar-refractivity contribution in [2.24, 2.45) is 11.7 Å². The molecule has 6 heteroatoms. The zero-order valence-electron chi connectivity index (χ0n) is 15.2. The Hall–Kier alpha value is -2.37. The van der Waals surface area contributed by atoms with E-state index in [4.69, 9.17) is 5.73 Å². The minimum absolute atomic E-state index is 0.124. The first-order valence-electron chi connectivity index (χ1n) is 9.44. The highest BCUT2D eigenvalue weighted by Crippen LogP contribution is 2.26. The number of benzene rings is 1. The van der Waals surface area contributed by atoms with Gasteiger partial charge in [-0.15, -0.1) is 0 Å². The van der Waals surface area contributed by atoms with Crippen molar-refractivity contribution in [1.29, 1.82) is 0 Å². The summed E-state index contributed by atoms with van der Waals surface area (Å²) in [6, 6.07) is 8.86. The van der Waals surface area contributed by atoms with Crippen molar-refractivity contribution in [2.45, 2.75) is 57.4 Å². The molecule has 0 aromatic heterocycles. The fourth-order valence-electron chi connectivity index (χ4n) is 3.38. The van der Waals surface area contributed by atoms with Gasteiger partial charge in [0.05, 0.1) is 6.42 Å². The standard InChI is InChI=1S/C20H29N3O3/c21-20(26)17(23-19(25)13-16-9-5-2-6-10-16)14-18(24)22-12-11-15-7-3-1-4-8-15/h1,3-4,7-8,16-17H,2,5-6,9-14H2,(H2,21,26)(H,22,24)(H,23,25)/t17-/m1/s1. The molecule has 1 saturated carbocycles. The molecule has 1 aromatic rings. The summed E-state index contributed by atoms with van der Waals surface area (Å²) in [6.45, 7) is 0.477. The van der Waals surface area contributed by atoms with E-state index in [2.05, 4.69) is 10.6 Å². The van der Waals surface area contributed by atoms with Crippen LogP contribution in [0.3, 0.4) is 0 Å². The number of carbonyl (C=O) groups is 3. The average Bonchev–Trinajstić information content (AvgIpc) is 2.63. The summed E-state index contributed by atoms with van der Waals surface area (Å²) in [5.74, 6) is -0.794. The summed E-state index contributed by atoms with van der Waals surface area (Å²) in [7, 11) is 0. The predicted octanol–water partition coefficient (Wildman–Crippen LogP) is 1.68. The minimum atomic E-state index is -0.956. The third-order valence-electron chi connectivity index (χ3n) is 4.85. The van der Waals surface area contributed by atoms with Crippen LogP contribution in [-0.4, -0.2) is 30.3 Å². The molecule has 2 rings (SSSR count). The molecule has 0 unspecified atom stereocenters. The minimum Gasteiger partial charge on any atom is -0.368 e. The summed E-state index contributed by atoms with van der Waals surface area (Å²) in [6.07, 6.45) is 6.62. The van der Waals surface area contributed by atoms with E-state index >= 15 is 0 Å². The summed E-state index contributed by atoms with van der Waals surface area (Å²) in [5.41, 5.74) is 6.48. The second-order valence-corrected chi connectivity index (χ2v) is 7.02. The summed E-state index contributed by atoms with van der Waals surface area (Å²) >= 11 is 0. The molecule has 1 fully saturated rings. The normalized spacial score (nSPS) is 15.8. The van der Waals surface area contributed by atoms with Gasteiger partial charge in [-0.05, 0) is 30.7 Å². The van der Waals surface area contributed by atoms with E-state index in [9.17, 15) is 14.4 Å². The SMILES string of the molecule is NC(=O)[C@@H](CC(=O)NCCc1ccccc1)NC(=O)CC1CCCCC1. The zero-order chi connectivity index (χ0) is 18.8. The monoisotopic (exact) mass is 359 g/mol. The maximum Gasteiger partial charge on any atom is 0.240 e. The number of hydrogen-bond donors (Lipinski definition) is 3. The topological polar surface area (TPSA) is 101 Å². The third-order valence-corrected chi connectivity index (χ3v) is 4.85. The molecule has 1 atom stereocenters. The quantitative estimate of drug-likeness (QED) is 0.625. The first-order valence-corrected chi connectivity index (χ1v) is 9.44. The van der Waals surface area contributed by atoms with Crippen LogP contribution in [0.4, 0.5) is 0 Å². The molecular weight excluding hydrogens is 330 g/mol. The summed E-state index contributed by atoms with van der Waals surface area (Å²) < 4.78 is 0. The van der Waals surface area contributed by atoms with Crippen LogP contribution in [0.1, 0.15) is 50.5 Å². The molecule has 4 N–H and O–H groups in total. The van der Waals surface area contributed by atoms with Crippen LogP contribution in [0, 0.1) is 5.92 Å². The molecular formula is C20H29N3O3. The number of rotatable bonds is 9. The highest BCUT2D eigenvalue weighted by Gasteiger charge is 2.23. The van der Waals surface area contributed by atoms with Crippen molar-refractivity contribution in [1.82, 2.24) is 10.6 Å². The number of carbonyl (C=O) groups excluding carboxylic acids is 3. The van der Waals surface area contributed by atoms with Crippen molar-refractivity contribution < 1.29 is 14.4 Å². The van der Waals surface area contributed by atoms with E-state index < -0.39 is 11.9 Å². The largest absolute Gasteiger partial charge is 0.368 e. The first kappa shape index (κ1) is 19.9. The Morgan fingerprint density at radius 1 is 1.04 bits per heavy atom. The van der Waals surface area contributed by atoms with Crippen LogP contribution in [0.15, 0.2) is 30.3 Å². The lowest BCUT2D eigenvalue weighted by Gasteiger charge is -2.22. The van der Waals surface area contributed by atoms with Crippen molar-refractivity contribution in [3.8, 4) is 0 Å². The van der Waals surface area contributed by atoms with Gasteiger partial charge < -0.3 is 16.4 Å². The molecule has 0 radical (unpaired) electrons. The van der Waals surface area contributed by atoms with Crippen LogP contribution in [0.5, 0.6) is 0 Å². The van der Waals surface area contributed by atoms with Gasteiger partial charge in [0.2, 0.25) is 17.7 Å². The van der Waals surface area contributed by atoms with Crippen LogP contribution >= 0.6 is 0 Å². The summed E-state index contributed by atoms with van der Waals surface area (Å²) in [5, 5.41) is 5.40. The zero-order valence-corrected chi connectivity index (χ0v) is 15.2. The number of amides is 3. The lowest BCUT2D eigenvalue weighted by molar-refractivity contribution is -0.130. The smallest absolute Gasteiger partial charge is 0.240 e. The molecule has 142 valence electrons. The number of nitrogens with one attached hydrogen (secondary N) is 2. The molecule has 0 aliphatic heterocycles. The van der Waals surface area contributed by atoms with Crippen molar-refractivity contribution >= 4 is 17.7 Å². The predicted molar refractivity (Wildman–Crippen MR) is 100 cm³/mol. The maximum absolute atomic E-state index is 12.2. The van der Waals surface area contributed by atoms with Gasteiger partial charge in [0.25, 0.3) is 0 Å². The molecule has 6 nitrogen and oxygen atoms in total. The number of nitrogens with two attached hydrogens (primary N) is 1. The molecule has 0 bridgehead atoms. The maximum atomic E-state index is 12.2. The van der Waals surface area contributed by atoms with E-state index in [1.807, 2.05) is 30.3 Å². The van der Waals surface area contributed by atoms with Crippen molar-refractivity contribution in [3.05, 3.63) is 35.9 Å². The number of hydrogen-bond acceptors (Lipinski definition) is 3. The Morgan fingerprint density at radius 2 is 1.73 bits per heavy atom. The van der Waals surface area contributed by atoms with Crippen LogP contribution < -0.4 is 16.4 Å². The van der Waals surface area contributed by atoms with Crippen molar-refractivity contribution in [2.75, 3.05) is 6.54 Å². The van der Waals surface area contributed by atoms with Gasteiger partial charge >= 0.3 is 0 Å². The second-order valence-electron chi connectivity index (χ2n) is 7.02. The third kappa shape index (κ3) is 7.25. The average molecular weight is 359 g/mol. The molecule has 0 heterocycles. The van der Waals surface area contributed by atoms with E-state index in [1.165, 1.54) is 6.42 Å². The molecule has 0 spiro atoms. The van der Waals surface area contributed by atoms with E-state index in [-0.39, 0.29) is 18.2 Å². The Labute approximate surface area is 154 Å². The first-order chi connectivity index (χ1) is 12.5. The van der Waals surface area contributed by atoms with Crippen LogP contribution in [-0.2, 0) is 20.8 Å². The molecule has 1 aliphatic carbocycles. The van der Waals surface area contributed by atoms with Gasteiger partial charge in [0.15, 0.2) is 0 Å². The van der Waals surface area contributed by atoms with Gasteiger partial charge in [-0.25, -0.2) is 0 Å². The summed E-state index contributed by atoms with van der Waals surface area (Å²) in [4.78, 5) is 35.8. The molecule has 0 saturated heterocycles. The highest BCUT2D eigenvalue weighted by atomic mass is 16.2. The molecule has 26 heavy (non-hydrogen) atoms. The Bertz CT molecular complexity index is 598. The van der Waals surface area contributed by atoms with Gasteiger partial charge in [0.1, 0.15) is 6.04 Å². The Morgan fingerprint density at radius 3 is 2.38 bits per heavy atom. The van der Waals surface area contributed by atoms with Crippen molar-refractivity contribution in [3.63, 3.8) is 0 Å². The van der Waals surface area contributed by atoms with Gasteiger partial charge in [-0.3, -0.25) is 14.4 Å². The van der Waals surface area contributed by atoms with E-state index in [1.54, 1.807) is 0 Å². The van der Waals surface area contributed by atoms with Crippen LogP contribution in [0.2, 0.25) is 0 Å². The van der Waals surface area contributed by atoms with Gasteiger partial charge in [0, 0.05) is 13.0 Å².